The van der Waals surface area contributed by atoms with E-state index in [0.717, 1.165) is 28.0 Å². The summed E-state index contributed by atoms with van der Waals surface area (Å²) in [7, 11) is 0. The van der Waals surface area contributed by atoms with E-state index < -0.39 is 0 Å². The lowest BCUT2D eigenvalue weighted by molar-refractivity contribution is -0.121. The Morgan fingerprint density at radius 1 is 0.833 bits per heavy atom. The summed E-state index contributed by atoms with van der Waals surface area (Å²) in [6.45, 7) is 1.69. The first-order chi connectivity index (χ1) is 14.8. The molecule has 1 heterocycles. The number of fused-ring (bicyclic) bond motifs is 1. The van der Waals surface area contributed by atoms with E-state index in [-0.39, 0.29) is 5.91 Å². The molecule has 30 heavy (non-hydrogen) atoms. The number of imidazole rings is 1. The Morgan fingerprint density at radius 3 is 2.27 bits per heavy atom. The van der Waals surface area contributed by atoms with Crippen LogP contribution in [0.3, 0.4) is 0 Å². The molecule has 0 saturated carbocycles. The highest BCUT2D eigenvalue weighted by atomic mass is 16.5. The largest absolute Gasteiger partial charge is 0.372 e. The highest BCUT2D eigenvalue weighted by Gasteiger charge is 2.06. The van der Waals surface area contributed by atoms with E-state index in [1.54, 1.807) is 0 Å². The van der Waals surface area contributed by atoms with Gasteiger partial charge in [-0.05, 0) is 28.8 Å². The maximum Gasteiger partial charge on any atom is 0.220 e. The Hall–Kier alpha value is -3.44. The molecular weight excluding hydrogens is 374 g/mol. The molecule has 0 saturated heterocycles. The number of H-pyrrole nitrogens is 1. The summed E-state index contributed by atoms with van der Waals surface area (Å²) in [6, 6.07) is 26.2. The fourth-order valence-electron chi connectivity index (χ4n) is 3.26. The summed E-state index contributed by atoms with van der Waals surface area (Å²) in [5, 5.41) is 2.98. The van der Waals surface area contributed by atoms with Gasteiger partial charge in [-0.3, -0.25) is 4.79 Å². The molecular formula is C25H25N3O2. The van der Waals surface area contributed by atoms with Gasteiger partial charge in [-0.1, -0.05) is 66.7 Å². The minimum absolute atomic E-state index is 0.0192. The third kappa shape index (κ3) is 5.55. The quantitative estimate of drug-likeness (QED) is 0.435. The maximum absolute atomic E-state index is 12.2. The lowest BCUT2D eigenvalue weighted by Crippen LogP contribution is -2.23. The van der Waals surface area contributed by atoms with Crippen molar-refractivity contribution in [3.63, 3.8) is 0 Å². The molecule has 5 nitrogen and oxygen atoms in total. The smallest absolute Gasteiger partial charge is 0.220 e. The number of amides is 1. The topological polar surface area (TPSA) is 67.0 Å². The SMILES string of the molecule is O=C(CCc1nc2ccccc2[nH]1)NCc1ccc(COCc2ccccc2)cc1. The Morgan fingerprint density at radius 2 is 1.50 bits per heavy atom. The van der Waals surface area contributed by atoms with Crippen LogP contribution < -0.4 is 5.32 Å². The number of aromatic nitrogens is 2. The Bertz CT molecular complexity index is 1060. The first-order valence-corrected chi connectivity index (χ1v) is 10.2. The van der Waals surface area contributed by atoms with Gasteiger partial charge in [0.2, 0.25) is 5.91 Å². The summed E-state index contributed by atoms with van der Waals surface area (Å²) in [4.78, 5) is 19.9. The van der Waals surface area contributed by atoms with Crippen LogP contribution in [0.25, 0.3) is 11.0 Å². The van der Waals surface area contributed by atoms with Gasteiger partial charge in [0.25, 0.3) is 0 Å². The second-order valence-corrected chi connectivity index (χ2v) is 7.27. The first-order valence-electron chi connectivity index (χ1n) is 10.2. The van der Waals surface area contributed by atoms with Crippen LogP contribution in [0.2, 0.25) is 0 Å². The van der Waals surface area contributed by atoms with Gasteiger partial charge >= 0.3 is 0 Å². The summed E-state index contributed by atoms with van der Waals surface area (Å²) < 4.78 is 5.76. The molecule has 4 aromatic rings. The van der Waals surface area contributed by atoms with E-state index in [2.05, 4.69) is 27.4 Å². The molecule has 0 aliphatic carbocycles. The first kappa shape index (κ1) is 19.9. The van der Waals surface area contributed by atoms with Crippen LogP contribution in [-0.4, -0.2) is 15.9 Å². The number of hydrogen-bond donors (Lipinski definition) is 2. The van der Waals surface area contributed by atoms with Crippen molar-refractivity contribution in [1.29, 1.82) is 0 Å². The highest BCUT2D eigenvalue weighted by Crippen LogP contribution is 2.12. The fourth-order valence-corrected chi connectivity index (χ4v) is 3.26. The minimum Gasteiger partial charge on any atom is -0.372 e. The molecule has 0 spiro atoms. The highest BCUT2D eigenvalue weighted by molar-refractivity contribution is 5.77. The molecule has 2 N–H and O–H groups in total. The third-order valence-corrected chi connectivity index (χ3v) is 4.92. The number of carbonyl (C=O) groups is 1. The van der Waals surface area contributed by atoms with E-state index in [1.165, 1.54) is 5.56 Å². The molecule has 1 amide bonds. The van der Waals surface area contributed by atoms with Crippen molar-refractivity contribution < 1.29 is 9.53 Å². The number of para-hydroxylation sites is 2. The van der Waals surface area contributed by atoms with Crippen LogP contribution in [-0.2, 0) is 35.7 Å². The number of nitrogens with one attached hydrogen (secondary N) is 2. The van der Waals surface area contributed by atoms with Crippen LogP contribution in [0.15, 0.2) is 78.9 Å². The van der Waals surface area contributed by atoms with Gasteiger partial charge in [-0.2, -0.15) is 0 Å². The van der Waals surface area contributed by atoms with Crippen molar-refractivity contribution in [3.8, 4) is 0 Å². The Balaban J connectivity index is 1.18. The minimum atomic E-state index is 0.0192. The van der Waals surface area contributed by atoms with Gasteiger partial charge in [0.15, 0.2) is 0 Å². The maximum atomic E-state index is 12.2. The lowest BCUT2D eigenvalue weighted by Gasteiger charge is -2.07. The molecule has 1 aromatic heterocycles. The number of rotatable bonds is 9. The molecule has 0 aliphatic rings. The van der Waals surface area contributed by atoms with E-state index >= 15 is 0 Å². The number of aromatic amines is 1. The van der Waals surface area contributed by atoms with E-state index in [1.807, 2.05) is 66.7 Å². The molecule has 152 valence electrons. The monoisotopic (exact) mass is 399 g/mol. The zero-order chi connectivity index (χ0) is 20.6. The zero-order valence-corrected chi connectivity index (χ0v) is 16.8. The van der Waals surface area contributed by atoms with E-state index in [4.69, 9.17) is 4.74 Å². The normalized spacial score (nSPS) is 10.9. The number of nitrogens with zero attached hydrogens (tertiary/aromatic N) is 1. The van der Waals surface area contributed by atoms with Gasteiger partial charge in [0.1, 0.15) is 5.82 Å². The van der Waals surface area contributed by atoms with Crippen LogP contribution in [0.1, 0.15) is 28.9 Å². The fraction of sp³-hybridized carbons (Fsp3) is 0.200. The van der Waals surface area contributed by atoms with Crippen molar-refractivity contribution in [1.82, 2.24) is 15.3 Å². The van der Waals surface area contributed by atoms with Crippen LogP contribution in [0.4, 0.5) is 0 Å². The van der Waals surface area contributed by atoms with Crippen LogP contribution in [0, 0.1) is 0 Å². The third-order valence-electron chi connectivity index (χ3n) is 4.92. The molecule has 5 heteroatoms. The lowest BCUT2D eigenvalue weighted by atomic mass is 10.1. The zero-order valence-electron chi connectivity index (χ0n) is 16.8. The van der Waals surface area contributed by atoms with Gasteiger partial charge in [-0.25, -0.2) is 4.98 Å². The standard InChI is InChI=1S/C25H25N3O2/c29-25(15-14-24-27-22-8-4-5-9-23(22)28-24)26-16-19-10-12-21(13-11-19)18-30-17-20-6-2-1-3-7-20/h1-13H,14-18H2,(H,26,29)(H,27,28). The van der Waals surface area contributed by atoms with Crippen molar-refractivity contribution in [2.45, 2.75) is 32.6 Å². The van der Waals surface area contributed by atoms with Gasteiger partial charge in [-0.15, -0.1) is 0 Å². The number of benzene rings is 3. The Labute approximate surface area is 176 Å². The molecule has 0 bridgehead atoms. The second-order valence-electron chi connectivity index (χ2n) is 7.27. The number of ether oxygens (including phenoxy) is 1. The van der Waals surface area contributed by atoms with Crippen LogP contribution in [0.5, 0.6) is 0 Å². The van der Waals surface area contributed by atoms with Gasteiger partial charge < -0.3 is 15.0 Å². The van der Waals surface area contributed by atoms with Gasteiger partial charge in [0.05, 0.1) is 24.2 Å². The Kier molecular flexibility index (Phi) is 6.52. The van der Waals surface area contributed by atoms with E-state index in [0.29, 0.717) is 32.6 Å². The van der Waals surface area contributed by atoms with Crippen molar-refractivity contribution in [2.75, 3.05) is 0 Å². The summed E-state index contributed by atoms with van der Waals surface area (Å²) >= 11 is 0. The molecule has 0 atom stereocenters. The summed E-state index contributed by atoms with van der Waals surface area (Å²) in [6.07, 6.45) is 1.00. The van der Waals surface area contributed by atoms with Crippen molar-refractivity contribution in [2.24, 2.45) is 0 Å². The number of carbonyl (C=O) groups excluding carboxylic acids is 1. The average molecular weight is 399 g/mol. The molecule has 0 radical (unpaired) electrons. The summed E-state index contributed by atoms with van der Waals surface area (Å²) in [5.74, 6) is 0.858. The second kappa shape index (κ2) is 9.85. The number of hydrogen-bond acceptors (Lipinski definition) is 3. The molecule has 4 rings (SSSR count). The van der Waals surface area contributed by atoms with E-state index in [9.17, 15) is 4.79 Å². The summed E-state index contributed by atoms with van der Waals surface area (Å²) in [5.41, 5.74) is 5.28. The van der Waals surface area contributed by atoms with Crippen molar-refractivity contribution >= 4 is 16.9 Å². The molecule has 0 aliphatic heterocycles. The predicted octanol–water partition coefficient (Wildman–Crippen LogP) is 4.53. The van der Waals surface area contributed by atoms with Gasteiger partial charge in [0, 0.05) is 19.4 Å². The molecule has 3 aromatic carbocycles. The van der Waals surface area contributed by atoms with Crippen molar-refractivity contribution in [3.05, 3.63) is 101 Å². The predicted molar refractivity (Wildman–Crippen MR) is 118 cm³/mol. The molecule has 0 unspecified atom stereocenters. The van der Waals surface area contributed by atoms with Crippen LogP contribution >= 0.6 is 0 Å². The average Bonchev–Trinajstić information content (AvgIpc) is 3.21. The molecule has 0 fully saturated rings. The number of aryl methyl sites for hydroxylation is 1.